The molecule has 0 fully saturated rings. The maximum absolute atomic E-state index is 11.2. The van der Waals surface area contributed by atoms with Gasteiger partial charge in [0.1, 0.15) is 10.7 Å². The lowest BCUT2D eigenvalue weighted by molar-refractivity contribution is 0.987. The van der Waals surface area contributed by atoms with Gasteiger partial charge in [0.15, 0.2) is 0 Å². The van der Waals surface area contributed by atoms with Crippen molar-refractivity contribution in [3.05, 3.63) is 63.0 Å². The van der Waals surface area contributed by atoms with E-state index in [1.807, 2.05) is 43.3 Å². The van der Waals surface area contributed by atoms with Crippen LogP contribution >= 0.6 is 11.6 Å². The minimum absolute atomic E-state index is 0.0295. The minimum Gasteiger partial charge on any atom is -0.275 e. The molecule has 0 unspecified atom stereocenters. The molecule has 0 radical (unpaired) electrons. The number of allylic oxidation sites excluding steroid dienone is 1. The predicted octanol–water partition coefficient (Wildman–Crippen LogP) is 2.92. The number of benzene rings is 1. The molecule has 1 aromatic heterocycles. The highest BCUT2D eigenvalue weighted by Crippen LogP contribution is 2.14. The lowest BCUT2D eigenvalue weighted by atomic mass is 10.1. The van der Waals surface area contributed by atoms with Crippen molar-refractivity contribution in [3.63, 3.8) is 0 Å². The Balaban J connectivity index is 2.05. The molecular weight excluding hydrogens is 276 g/mol. The Morgan fingerprint density at radius 3 is 2.90 bits per heavy atom. The summed E-state index contributed by atoms with van der Waals surface area (Å²) in [7, 11) is 0. The molecule has 2 rings (SSSR count). The second kappa shape index (κ2) is 6.68. The van der Waals surface area contributed by atoms with Crippen LogP contribution in [0.25, 0.3) is 6.08 Å². The summed E-state index contributed by atoms with van der Waals surface area (Å²) >= 11 is 5.80. The van der Waals surface area contributed by atoms with Crippen LogP contribution in [0.5, 0.6) is 0 Å². The van der Waals surface area contributed by atoms with Crippen LogP contribution in [-0.2, 0) is 0 Å². The predicted molar refractivity (Wildman–Crippen MR) is 82.1 cm³/mol. The van der Waals surface area contributed by atoms with Crippen LogP contribution in [0, 0.1) is 0 Å². The average Bonchev–Trinajstić information content (AvgIpc) is 2.44. The van der Waals surface area contributed by atoms with Gasteiger partial charge in [-0.1, -0.05) is 48.0 Å². The van der Waals surface area contributed by atoms with Gasteiger partial charge in [-0.2, -0.15) is 10.2 Å². The van der Waals surface area contributed by atoms with Gasteiger partial charge in [0.2, 0.25) is 0 Å². The maximum Gasteiger partial charge on any atom is 0.285 e. The van der Waals surface area contributed by atoms with E-state index in [2.05, 4.69) is 20.7 Å². The van der Waals surface area contributed by atoms with Gasteiger partial charge in [-0.3, -0.25) is 10.2 Å². The van der Waals surface area contributed by atoms with Crippen molar-refractivity contribution in [2.45, 2.75) is 6.92 Å². The highest BCUT2D eigenvalue weighted by Gasteiger charge is 2.02. The first kappa shape index (κ1) is 14.0. The maximum atomic E-state index is 11.2. The van der Waals surface area contributed by atoms with Crippen molar-refractivity contribution in [1.29, 1.82) is 0 Å². The van der Waals surface area contributed by atoms with Crippen LogP contribution in [0.15, 0.2) is 52.0 Å². The lowest BCUT2D eigenvalue weighted by Crippen LogP contribution is -2.10. The molecule has 5 nitrogen and oxygen atoms in total. The molecule has 0 spiro atoms. The molecule has 0 aliphatic heterocycles. The third kappa shape index (κ3) is 3.80. The van der Waals surface area contributed by atoms with Crippen LogP contribution in [0.1, 0.15) is 12.5 Å². The molecule has 0 aliphatic rings. The van der Waals surface area contributed by atoms with Crippen molar-refractivity contribution in [3.8, 4) is 0 Å². The molecule has 1 heterocycles. The summed E-state index contributed by atoms with van der Waals surface area (Å²) in [6.07, 6.45) is 5.03. The zero-order valence-corrected chi connectivity index (χ0v) is 11.6. The highest BCUT2D eigenvalue weighted by molar-refractivity contribution is 6.32. The van der Waals surface area contributed by atoms with Crippen molar-refractivity contribution < 1.29 is 0 Å². The van der Waals surface area contributed by atoms with Crippen LogP contribution < -0.4 is 11.0 Å². The van der Waals surface area contributed by atoms with Crippen LogP contribution in [0.4, 0.5) is 5.69 Å². The van der Waals surface area contributed by atoms with Gasteiger partial charge in [0.05, 0.1) is 12.4 Å². The van der Waals surface area contributed by atoms with Gasteiger partial charge in [-0.25, -0.2) is 5.10 Å². The minimum atomic E-state index is -0.455. The first-order valence-electron chi connectivity index (χ1n) is 5.92. The number of aromatic amines is 1. The average molecular weight is 289 g/mol. The number of aromatic nitrogens is 2. The number of halogens is 1. The summed E-state index contributed by atoms with van der Waals surface area (Å²) in [6.45, 7) is 1.93. The van der Waals surface area contributed by atoms with E-state index < -0.39 is 5.56 Å². The van der Waals surface area contributed by atoms with Gasteiger partial charge in [-0.15, -0.1) is 0 Å². The number of rotatable bonds is 4. The summed E-state index contributed by atoms with van der Waals surface area (Å²) in [5.74, 6) is 0. The van der Waals surface area contributed by atoms with Crippen LogP contribution in [0.2, 0.25) is 5.02 Å². The number of hydrogen-bond acceptors (Lipinski definition) is 4. The Morgan fingerprint density at radius 2 is 2.15 bits per heavy atom. The fourth-order valence-electron chi connectivity index (χ4n) is 1.51. The third-order valence-electron chi connectivity index (χ3n) is 2.44. The fourth-order valence-corrected chi connectivity index (χ4v) is 1.65. The second-order valence-corrected chi connectivity index (χ2v) is 4.47. The number of H-pyrrole nitrogens is 1. The normalized spacial score (nSPS) is 11.8. The van der Waals surface area contributed by atoms with Gasteiger partial charge in [0.25, 0.3) is 5.56 Å². The highest BCUT2D eigenvalue weighted by atomic mass is 35.5. The van der Waals surface area contributed by atoms with Gasteiger partial charge >= 0.3 is 0 Å². The largest absolute Gasteiger partial charge is 0.285 e. The smallest absolute Gasteiger partial charge is 0.275 e. The molecule has 0 aliphatic carbocycles. The van der Waals surface area contributed by atoms with Gasteiger partial charge < -0.3 is 0 Å². The number of nitrogens with zero attached hydrogens (tertiary/aromatic N) is 2. The van der Waals surface area contributed by atoms with Crippen molar-refractivity contribution in [1.82, 2.24) is 10.2 Å². The summed E-state index contributed by atoms with van der Waals surface area (Å²) in [5.41, 5.74) is 4.64. The zero-order valence-electron chi connectivity index (χ0n) is 10.8. The second-order valence-electron chi connectivity index (χ2n) is 4.10. The van der Waals surface area contributed by atoms with Crippen molar-refractivity contribution in [2.75, 3.05) is 5.43 Å². The topological polar surface area (TPSA) is 70.1 Å². The number of hydrogen-bond donors (Lipinski definition) is 2. The van der Waals surface area contributed by atoms with E-state index in [1.54, 1.807) is 6.21 Å². The van der Waals surface area contributed by atoms with E-state index in [4.69, 9.17) is 11.6 Å². The molecule has 0 atom stereocenters. The number of anilines is 1. The monoisotopic (exact) mass is 288 g/mol. The molecular formula is C14H13ClN4O. The number of nitrogens with one attached hydrogen (secondary N) is 2. The van der Waals surface area contributed by atoms with Crippen molar-refractivity contribution >= 4 is 29.6 Å². The van der Waals surface area contributed by atoms with Crippen molar-refractivity contribution in [2.24, 2.45) is 5.10 Å². The molecule has 1 aromatic carbocycles. The van der Waals surface area contributed by atoms with E-state index in [0.717, 1.165) is 11.1 Å². The Morgan fingerprint density at radius 1 is 1.40 bits per heavy atom. The van der Waals surface area contributed by atoms with E-state index in [1.165, 1.54) is 6.20 Å². The SMILES string of the molecule is CC(/C=N/Nc1cn[nH]c(=O)c1Cl)=C\c1ccccc1. The van der Waals surface area contributed by atoms with E-state index >= 15 is 0 Å². The number of hydrazone groups is 1. The Labute approximate surface area is 121 Å². The molecule has 20 heavy (non-hydrogen) atoms. The Bertz CT molecular complexity index is 692. The fraction of sp³-hybridized carbons (Fsp3) is 0.0714. The Kier molecular flexibility index (Phi) is 4.68. The Hall–Kier alpha value is -2.40. The van der Waals surface area contributed by atoms with E-state index in [9.17, 15) is 4.79 Å². The molecule has 6 heteroatoms. The van der Waals surface area contributed by atoms with Crippen LogP contribution in [0.3, 0.4) is 0 Å². The standard InChI is InChI=1S/C14H13ClN4O/c1-10(7-11-5-3-2-4-6-11)8-16-18-12-9-17-19-14(20)13(12)15/h2-9H,1H3,(H2,18,19,20)/b10-7+,16-8+. The molecule has 0 saturated heterocycles. The summed E-state index contributed by atoms with van der Waals surface area (Å²) in [4.78, 5) is 11.2. The van der Waals surface area contributed by atoms with E-state index in [0.29, 0.717) is 5.69 Å². The van der Waals surface area contributed by atoms with E-state index in [-0.39, 0.29) is 5.02 Å². The molecule has 0 saturated carbocycles. The first-order chi connectivity index (χ1) is 9.66. The summed E-state index contributed by atoms with van der Waals surface area (Å²) in [6, 6.07) is 9.90. The molecule has 0 amide bonds. The quantitative estimate of drug-likeness (QED) is 0.671. The molecule has 2 N–H and O–H groups in total. The van der Waals surface area contributed by atoms with Gasteiger partial charge in [-0.05, 0) is 18.1 Å². The summed E-state index contributed by atoms with van der Waals surface area (Å²) < 4.78 is 0. The molecule has 2 aromatic rings. The third-order valence-corrected chi connectivity index (χ3v) is 2.82. The molecule has 0 bridgehead atoms. The van der Waals surface area contributed by atoms with Gasteiger partial charge in [0, 0.05) is 0 Å². The van der Waals surface area contributed by atoms with Crippen LogP contribution in [-0.4, -0.2) is 16.4 Å². The lowest BCUT2D eigenvalue weighted by Gasteiger charge is -2.00. The zero-order chi connectivity index (χ0) is 14.4. The first-order valence-corrected chi connectivity index (χ1v) is 6.30. The summed E-state index contributed by atoms with van der Waals surface area (Å²) in [5, 5.41) is 9.92. The molecule has 102 valence electrons.